The Kier molecular flexibility index (Phi) is 27.8. The number of nitrogens with zero attached hydrogens (tertiary/aromatic N) is 18. The number of aliphatic hydroxyl groups is 3. The number of methoxy groups -OCH3 is 1. The lowest BCUT2D eigenvalue weighted by atomic mass is 10.0. The van der Waals surface area contributed by atoms with E-state index in [0.29, 0.717) is 76.0 Å². The van der Waals surface area contributed by atoms with Gasteiger partial charge in [0, 0.05) is 45.3 Å². The number of ether oxygens (including phenoxy) is 1. The number of imidazole rings is 3. The monoisotopic (exact) mass is 1440 g/mol. The molecular formula is C82H98F2N18O4. The van der Waals surface area contributed by atoms with Gasteiger partial charge >= 0.3 is 0 Å². The van der Waals surface area contributed by atoms with Gasteiger partial charge in [-0.2, -0.15) is 0 Å². The third kappa shape index (κ3) is 18.9. The molecule has 0 saturated heterocycles. The Balaban J connectivity index is 0.000000183. The molecule has 0 aliphatic heterocycles. The molecule has 22 nitrogen and oxygen atoms in total. The van der Waals surface area contributed by atoms with E-state index in [1.165, 1.54) is 22.3 Å². The highest BCUT2D eigenvalue weighted by Gasteiger charge is 2.27. The van der Waals surface area contributed by atoms with Crippen LogP contribution in [0.3, 0.4) is 0 Å². The third-order valence-corrected chi connectivity index (χ3v) is 18.4. The van der Waals surface area contributed by atoms with Gasteiger partial charge in [0.2, 0.25) is 0 Å². The van der Waals surface area contributed by atoms with Crippen molar-refractivity contribution in [1.82, 2.24) is 74.2 Å². The molecule has 0 aliphatic carbocycles. The highest BCUT2D eigenvalue weighted by molar-refractivity contribution is 5.64. The lowest BCUT2D eigenvalue weighted by Gasteiger charge is -2.33. The quantitative estimate of drug-likeness (QED) is 0.0433. The number of aliphatic hydroxyl groups excluding tert-OH is 3. The number of aromatic nitrogens is 15. The Morgan fingerprint density at radius 1 is 0.406 bits per heavy atom. The zero-order chi connectivity index (χ0) is 74.8. The number of alkyl halides is 2. The van der Waals surface area contributed by atoms with Crippen molar-refractivity contribution in [2.24, 2.45) is 0 Å². The summed E-state index contributed by atoms with van der Waals surface area (Å²) in [7, 11) is 1.71. The molecule has 9 heterocycles. The van der Waals surface area contributed by atoms with E-state index in [2.05, 4.69) is 166 Å². The van der Waals surface area contributed by atoms with E-state index in [-0.39, 0.29) is 58.5 Å². The van der Waals surface area contributed by atoms with Crippen LogP contribution in [0.5, 0.6) is 0 Å². The van der Waals surface area contributed by atoms with Crippen LogP contribution in [0.2, 0.25) is 0 Å². The van der Waals surface area contributed by atoms with E-state index in [9.17, 15) is 24.1 Å². The predicted molar refractivity (Wildman–Crippen MR) is 414 cm³/mol. The molecule has 12 aromatic rings. The second-order valence-corrected chi connectivity index (χ2v) is 26.1. The van der Waals surface area contributed by atoms with Crippen LogP contribution >= 0.6 is 0 Å². The van der Waals surface area contributed by atoms with Gasteiger partial charge in [-0.3, -0.25) is 0 Å². The van der Waals surface area contributed by atoms with Crippen molar-refractivity contribution < 1.29 is 28.8 Å². The zero-order valence-corrected chi connectivity index (χ0v) is 62.2. The van der Waals surface area contributed by atoms with Crippen LogP contribution in [0.15, 0.2) is 165 Å². The normalized spacial score (nSPS) is 11.9. The summed E-state index contributed by atoms with van der Waals surface area (Å²) in [4.78, 5) is 32.9. The minimum Gasteiger partial charge on any atom is -0.390 e. The number of anilines is 3. The number of aryl methyl sites for hydroxylation is 9. The van der Waals surface area contributed by atoms with E-state index in [1.807, 2.05) is 152 Å². The molecule has 9 aromatic heterocycles. The second-order valence-electron chi connectivity index (χ2n) is 26.1. The summed E-state index contributed by atoms with van der Waals surface area (Å²) in [5.41, 5.74) is 20.1. The Bertz CT molecular complexity index is 4820. The Morgan fingerprint density at radius 3 is 1.00 bits per heavy atom. The highest BCUT2D eigenvalue weighted by atomic mass is 19.1. The summed E-state index contributed by atoms with van der Waals surface area (Å²) in [6, 6.07) is 42.4. The van der Waals surface area contributed by atoms with Crippen LogP contribution in [0.25, 0.3) is 51.2 Å². The Labute approximate surface area is 620 Å². The predicted octanol–water partition coefficient (Wildman–Crippen LogP) is 15.1. The molecule has 24 heteroatoms. The van der Waals surface area contributed by atoms with Gasteiger partial charge in [0.1, 0.15) is 30.4 Å². The largest absolute Gasteiger partial charge is 0.390 e. The minimum atomic E-state index is -0.490. The lowest BCUT2D eigenvalue weighted by molar-refractivity contribution is 0.202. The van der Waals surface area contributed by atoms with Crippen LogP contribution in [-0.2, 0) is 24.6 Å². The van der Waals surface area contributed by atoms with Crippen LogP contribution in [0.4, 0.5) is 26.2 Å². The Morgan fingerprint density at radius 2 is 0.717 bits per heavy atom. The fourth-order valence-electron chi connectivity index (χ4n) is 12.8. The standard InChI is InChI=1S/C28H34N6O2.C27H31FN6O.C26H29FN6O.CH4/c1-6-26(22-9-7-19(2)8-10-22)34(13-14-36-5)28-20(3)15-24(31-32-28)23-11-12-27(25(17-35)30-23)33-16-21(4)29-18-33;1-5-25(21-8-6-18(2)7-9-21)34(13-12-28)27-19(3)14-23(31-32-27)22-10-11-26(24(16-35)30-22)33-15-20(4)29-17-33;1-17-5-7-21(8-6-17)20(4)33(12-11-27)26-18(2)13-23(30-31-26)22-9-10-25(24(15-34)29-22)32-14-19(3)28-16-32;/h7-12,15-16,18,26,35H,6,13-14,17H2,1-5H3;6-11,14-15,17,25,35H,5,12-13,16H2,1-4H3;5-10,13-14,16,20,34H,11-12,15H2,1-4H3;1H4/t26-;25-;20-;/m000./s1. The van der Waals surface area contributed by atoms with Gasteiger partial charge in [0.15, 0.2) is 17.5 Å². The van der Waals surface area contributed by atoms with Crippen LogP contribution in [-0.4, -0.2) is 136 Å². The van der Waals surface area contributed by atoms with Crippen LogP contribution < -0.4 is 14.7 Å². The van der Waals surface area contributed by atoms with Crippen molar-refractivity contribution in [1.29, 1.82) is 0 Å². The fourth-order valence-corrected chi connectivity index (χ4v) is 12.8. The first-order valence-electron chi connectivity index (χ1n) is 35.3. The van der Waals surface area contributed by atoms with Gasteiger partial charge in [-0.15, -0.1) is 30.6 Å². The van der Waals surface area contributed by atoms with Crippen molar-refractivity contribution in [3.05, 3.63) is 249 Å². The molecule has 0 bridgehead atoms. The molecule has 12 rings (SSSR count). The molecule has 3 atom stereocenters. The van der Waals surface area contributed by atoms with Gasteiger partial charge in [-0.1, -0.05) is 111 Å². The second kappa shape index (κ2) is 37.2. The summed E-state index contributed by atoms with van der Waals surface area (Å²) in [6.07, 6.45) is 12.5. The molecule has 0 saturated carbocycles. The molecule has 0 radical (unpaired) electrons. The van der Waals surface area contributed by atoms with E-state index in [1.54, 1.807) is 26.1 Å². The van der Waals surface area contributed by atoms with Gasteiger partial charge < -0.3 is 48.5 Å². The zero-order valence-electron chi connectivity index (χ0n) is 62.2. The van der Waals surface area contributed by atoms with E-state index >= 15 is 0 Å². The van der Waals surface area contributed by atoms with E-state index in [0.717, 1.165) is 80.6 Å². The number of hydrogen-bond acceptors (Lipinski definition) is 19. The molecule has 554 valence electrons. The van der Waals surface area contributed by atoms with Gasteiger partial charge in [-0.25, -0.2) is 38.7 Å². The number of rotatable bonds is 27. The first-order valence-corrected chi connectivity index (χ1v) is 35.3. The van der Waals surface area contributed by atoms with Crippen molar-refractivity contribution in [2.75, 3.05) is 61.4 Å². The first kappa shape index (κ1) is 79.2. The van der Waals surface area contributed by atoms with Gasteiger partial charge in [-0.05, 0) is 170 Å². The Hall–Kier alpha value is -10.9. The van der Waals surface area contributed by atoms with E-state index < -0.39 is 13.3 Å². The van der Waals surface area contributed by atoms with Crippen LogP contribution in [0.1, 0.15) is 143 Å². The van der Waals surface area contributed by atoms with Gasteiger partial charge in [0.25, 0.3) is 0 Å². The summed E-state index contributed by atoms with van der Waals surface area (Å²) < 4.78 is 38.0. The topological polar surface area (TPSA) is 249 Å². The molecule has 0 unspecified atom stereocenters. The number of pyridine rings is 3. The molecular weight excluding hydrogens is 1340 g/mol. The third-order valence-electron chi connectivity index (χ3n) is 18.4. The maximum Gasteiger partial charge on any atom is 0.154 e. The van der Waals surface area contributed by atoms with Crippen molar-refractivity contribution in [2.45, 2.75) is 141 Å². The summed E-state index contributed by atoms with van der Waals surface area (Å²) >= 11 is 0. The molecule has 3 aromatic carbocycles. The fraction of sp³-hybridized carbons (Fsp3) is 0.341. The molecule has 0 spiro atoms. The first-order chi connectivity index (χ1) is 50.8. The van der Waals surface area contributed by atoms with Crippen molar-refractivity contribution in [3.8, 4) is 51.2 Å². The number of hydrogen-bond donors (Lipinski definition) is 3. The molecule has 106 heavy (non-hydrogen) atoms. The molecule has 0 aliphatic rings. The average Bonchev–Trinajstić information content (AvgIpc) is 0.973. The molecule has 0 amide bonds. The van der Waals surface area contributed by atoms with E-state index in [4.69, 9.17) is 4.74 Å². The smallest absolute Gasteiger partial charge is 0.154 e. The summed E-state index contributed by atoms with van der Waals surface area (Å²) in [6.45, 7) is 24.3. The minimum absolute atomic E-state index is 0. The molecule has 0 fully saturated rings. The average molecular weight is 1440 g/mol. The van der Waals surface area contributed by atoms with Crippen molar-refractivity contribution >= 4 is 17.5 Å². The lowest BCUT2D eigenvalue weighted by Crippen LogP contribution is -2.33. The van der Waals surface area contributed by atoms with Gasteiger partial charge in [0.05, 0.1) is 132 Å². The number of halogens is 2. The number of benzene rings is 3. The molecule has 3 N–H and O–H groups in total. The van der Waals surface area contributed by atoms with Crippen molar-refractivity contribution in [3.63, 3.8) is 0 Å². The van der Waals surface area contributed by atoms with Crippen LogP contribution in [0, 0.1) is 62.3 Å². The summed E-state index contributed by atoms with van der Waals surface area (Å²) in [5.74, 6) is 2.13. The maximum atomic E-state index is 13.6. The summed E-state index contributed by atoms with van der Waals surface area (Å²) in [5, 5.41) is 56.8. The SMILES string of the molecule is C.CC[C@@H](c1ccc(C)cc1)N(CCF)c1nnc(-c2ccc(-n3cnc(C)c3)c(CO)n2)cc1C.CC[C@@H](c1ccc(C)cc1)N(CCOC)c1nnc(-c2ccc(-n3cnc(C)c3)c(CO)n2)cc1C.Cc1ccc([C@H](C)N(CCF)c2nnc(-c3ccc(-n4cnc(C)c4)c(CO)n3)cc2C)cc1. The maximum absolute atomic E-state index is 13.6. The highest BCUT2D eigenvalue weighted by Crippen LogP contribution is 2.36.